The highest BCUT2D eigenvalue weighted by Gasteiger charge is 2.53. The molecule has 4 heterocycles. The summed E-state index contributed by atoms with van der Waals surface area (Å²) in [6, 6.07) is 16.6. The zero-order valence-corrected chi connectivity index (χ0v) is 17.5. The van der Waals surface area contributed by atoms with E-state index in [9.17, 15) is 4.79 Å². The van der Waals surface area contributed by atoms with Crippen molar-refractivity contribution >= 4 is 16.7 Å². The maximum atomic E-state index is 13.6. The zero-order valence-electron chi connectivity index (χ0n) is 17.5. The predicted octanol–water partition coefficient (Wildman–Crippen LogP) is 4.77. The Kier molecular flexibility index (Phi) is 4.00. The van der Waals surface area contributed by atoms with Gasteiger partial charge in [-0.05, 0) is 66.8 Å². The van der Waals surface area contributed by atoms with Gasteiger partial charge in [-0.1, -0.05) is 30.3 Å². The number of fused-ring (bicyclic) bond motifs is 6. The highest BCUT2D eigenvalue weighted by Crippen LogP contribution is 2.47. The van der Waals surface area contributed by atoms with Crippen LogP contribution in [0, 0.1) is 25.7 Å². The van der Waals surface area contributed by atoms with E-state index in [-0.39, 0.29) is 5.91 Å². The maximum Gasteiger partial charge on any atom is 0.254 e. The molecule has 3 aliphatic heterocycles. The van der Waals surface area contributed by atoms with Gasteiger partial charge in [0.15, 0.2) is 0 Å². The second kappa shape index (κ2) is 6.64. The molecular weight excluding hydrogens is 372 g/mol. The van der Waals surface area contributed by atoms with Crippen LogP contribution in [0.1, 0.15) is 34.6 Å². The Morgan fingerprint density at radius 3 is 2.23 bits per heavy atom. The number of aryl methyl sites for hydroxylation is 2. The van der Waals surface area contributed by atoms with Crippen LogP contribution in [0.2, 0.25) is 0 Å². The van der Waals surface area contributed by atoms with E-state index in [4.69, 9.17) is 4.74 Å². The van der Waals surface area contributed by atoms with Gasteiger partial charge < -0.3 is 9.64 Å². The third-order valence-corrected chi connectivity index (χ3v) is 7.29. The molecular formula is C26H26N2O2. The molecule has 3 fully saturated rings. The van der Waals surface area contributed by atoms with Crippen molar-refractivity contribution in [3.8, 4) is 11.1 Å². The van der Waals surface area contributed by atoms with Gasteiger partial charge in [0, 0.05) is 41.9 Å². The summed E-state index contributed by atoms with van der Waals surface area (Å²) in [6.45, 7) is 5.72. The topological polar surface area (TPSA) is 42.4 Å². The summed E-state index contributed by atoms with van der Waals surface area (Å²) in [5.41, 5.74) is 5.13. The Morgan fingerprint density at radius 1 is 0.933 bits per heavy atom. The van der Waals surface area contributed by atoms with Crippen molar-refractivity contribution in [2.24, 2.45) is 11.8 Å². The minimum Gasteiger partial charge on any atom is -0.374 e. The summed E-state index contributed by atoms with van der Waals surface area (Å²) in [7, 11) is 0. The molecule has 6 rings (SSSR count). The van der Waals surface area contributed by atoms with E-state index >= 15 is 0 Å². The fourth-order valence-electron chi connectivity index (χ4n) is 6.02. The fourth-order valence-corrected chi connectivity index (χ4v) is 6.02. The first-order valence-electron chi connectivity index (χ1n) is 11.0. The average Bonchev–Trinajstić information content (AvgIpc) is 3.45. The summed E-state index contributed by atoms with van der Waals surface area (Å²) in [4.78, 5) is 20.1. The third-order valence-electron chi connectivity index (χ3n) is 7.29. The van der Waals surface area contributed by atoms with E-state index in [0.29, 0.717) is 24.0 Å². The number of hydrogen-bond donors (Lipinski definition) is 0. The number of likely N-dealkylation sites (tertiary alicyclic amines) is 1. The summed E-state index contributed by atoms with van der Waals surface area (Å²) >= 11 is 0. The van der Waals surface area contributed by atoms with Gasteiger partial charge in [0.1, 0.15) is 0 Å². The molecule has 1 amide bonds. The number of pyridine rings is 1. The molecule has 0 unspecified atom stereocenters. The summed E-state index contributed by atoms with van der Waals surface area (Å²) in [6.07, 6.45) is 3.07. The molecule has 3 aliphatic rings. The number of carbonyl (C=O) groups excluding carboxylic acids is 1. The molecule has 0 radical (unpaired) electrons. The lowest BCUT2D eigenvalue weighted by Crippen LogP contribution is -2.31. The van der Waals surface area contributed by atoms with Crippen LogP contribution >= 0.6 is 0 Å². The molecule has 0 aliphatic carbocycles. The van der Waals surface area contributed by atoms with Crippen molar-refractivity contribution < 1.29 is 9.53 Å². The van der Waals surface area contributed by atoms with Crippen LogP contribution in [-0.2, 0) is 4.74 Å². The van der Waals surface area contributed by atoms with Crippen molar-refractivity contribution in [1.29, 1.82) is 0 Å². The van der Waals surface area contributed by atoms with Crippen molar-refractivity contribution in [3.05, 3.63) is 65.5 Å². The maximum absolute atomic E-state index is 13.6. The van der Waals surface area contributed by atoms with Crippen LogP contribution in [0.3, 0.4) is 0 Å². The third kappa shape index (κ3) is 2.70. The quantitative estimate of drug-likeness (QED) is 0.625. The van der Waals surface area contributed by atoms with Gasteiger partial charge in [0.05, 0.1) is 12.2 Å². The van der Waals surface area contributed by atoms with Crippen LogP contribution in [-0.4, -0.2) is 41.1 Å². The van der Waals surface area contributed by atoms with Gasteiger partial charge in [-0.3, -0.25) is 9.78 Å². The Hall–Kier alpha value is -2.72. The van der Waals surface area contributed by atoms with Gasteiger partial charge in [-0.25, -0.2) is 0 Å². The number of rotatable bonds is 2. The van der Waals surface area contributed by atoms with Gasteiger partial charge in [0.25, 0.3) is 5.91 Å². The van der Waals surface area contributed by atoms with E-state index in [2.05, 4.69) is 46.3 Å². The number of ether oxygens (including phenoxy) is 1. The monoisotopic (exact) mass is 398 g/mol. The SMILES string of the molecule is Cc1cc(-c2ccc(C(=O)N3C[C@@H]4[C@H](C3)[C@H]3CC[C@@H]4O3)c3ccccc23)cc(C)n1. The minimum absolute atomic E-state index is 0.161. The van der Waals surface area contributed by atoms with Crippen molar-refractivity contribution in [3.63, 3.8) is 0 Å². The number of carbonyl (C=O) groups is 1. The largest absolute Gasteiger partial charge is 0.374 e. The van der Waals surface area contributed by atoms with Crippen LogP contribution in [0.5, 0.6) is 0 Å². The molecule has 0 spiro atoms. The highest BCUT2D eigenvalue weighted by molar-refractivity contribution is 6.11. The van der Waals surface area contributed by atoms with E-state index in [1.165, 1.54) is 0 Å². The van der Waals surface area contributed by atoms with Gasteiger partial charge in [0.2, 0.25) is 0 Å². The van der Waals surface area contributed by atoms with Crippen molar-refractivity contribution in [2.75, 3.05) is 13.1 Å². The molecule has 2 aromatic carbocycles. The molecule has 152 valence electrons. The van der Waals surface area contributed by atoms with Crippen LogP contribution in [0.4, 0.5) is 0 Å². The second-order valence-corrected chi connectivity index (χ2v) is 9.17. The van der Waals surface area contributed by atoms with Gasteiger partial charge >= 0.3 is 0 Å². The zero-order chi connectivity index (χ0) is 20.4. The normalized spacial score (nSPS) is 27.1. The first-order valence-corrected chi connectivity index (χ1v) is 11.0. The Labute approximate surface area is 176 Å². The van der Waals surface area contributed by atoms with Crippen LogP contribution in [0.15, 0.2) is 48.5 Å². The van der Waals surface area contributed by atoms with E-state index < -0.39 is 0 Å². The van der Waals surface area contributed by atoms with Gasteiger partial charge in [-0.2, -0.15) is 0 Å². The number of hydrogen-bond acceptors (Lipinski definition) is 3. The second-order valence-electron chi connectivity index (χ2n) is 9.17. The molecule has 0 N–H and O–H groups in total. The number of nitrogens with zero attached hydrogens (tertiary/aromatic N) is 2. The Bertz CT molecular complexity index is 1130. The fraction of sp³-hybridized carbons (Fsp3) is 0.385. The number of benzene rings is 2. The standard InChI is InChI=1S/C26H26N2O2/c1-15-11-17(12-16(2)27-15)18-7-8-21(20-6-4-3-5-19(18)20)26(29)28-13-22-23(14-28)25-10-9-24(22)30-25/h3-8,11-12,22-25H,9-10,13-14H2,1-2H3/t22-,23+,24+,25-. The van der Waals surface area contributed by atoms with E-state index in [0.717, 1.165) is 64.8 Å². The smallest absolute Gasteiger partial charge is 0.254 e. The predicted molar refractivity (Wildman–Crippen MR) is 117 cm³/mol. The summed E-state index contributed by atoms with van der Waals surface area (Å²) in [5.74, 6) is 1.22. The molecule has 2 bridgehead atoms. The molecule has 4 atom stereocenters. The molecule has 30 heavy (non-hydrogen) atoms. The first-order chi connectivity index (χ1) is 14.6. The molecule has 4 heteroatoms. The Morgan fingerprint density at radius 2 is 1.57 bits per heavy atom. The van der Waals surface area contributed by atoms with E-state index in [1.54, 1.807) is 0 Å². The number of aromatic nitrogens is 1. The molecule has 3 aromatic rings. The molecule has 0 saturated carbocycles. The highest BCUT2D eigenvalue weighted by atomic mass is 16.5. The molecule has 1 aromatic heterocycles. The van der Waals surface area contributed by atoms with Gasteiger partial charge in [-0.15, -0.1) is 0 Å². The summed E-state index contributed by atoms with van der Waals surface area (Å²) in [5, 5.41) is 2.15. The van der Waals surface area contributed by atoms with Crippen molar-refractivity contribution in [1.82, 2.24) is 9.88 Å². The minimum atomic E-state index is 0.161. The summed E-state index contributed by atoms with van der Waals surface area (Å²) < 4.78 is 6.08. The first kappa shape index (κ1) is 18.1. The van der Waals surface area contributed by atoms with E-state index in [1.807, 2.05) is 26.0 Å². The molecule has 4 nitrogen and oxygen atoms in total. The van der Waals surface area contributed by atoms with Crippen LogP contribution in [0.25, 0.3) is 21.9 Å². The lowest BCUT2D eigenvalue weighted by atomic mass is 9.82. The Balaban J connectivity index is 1.39. The van der Waals surface area contributed by atoms with Crippen molar-refractivity contribution in [2.45, 2.75) is 38.9 Å². The molecule has 3 saturated heterocycles. The van der Waals surface area contributed by atoms with Crippen LogP contribution < -0.4 is 0 Å². The lowest BCUT2D eigenvalue weighted by molar-refractivity contribution is 0.0595. The number of amides is 1. The average molecular weight is 399 g/mol. The lowest BCUT2D eigenvalue weighted by Gasteiger charge is -2.20.